The number of rotatable bonds is 3. The average molecular weight is 211 g/mol. The summed E-state index contributed by atoms with van der Waals surface area (Å²) in [4.78, 5) is 24.1. The normalized spacial score (nSPS) is 10.5. The summed E-state index contributed by atoms with van der Waals surface area (Å²) in [5.41, 5.74) is -0.875. The van der Waals surface area contributed by atoms with Gasteiger partial charge in [-0.3, -0.25) is 0 Å². The van der Waals surface area contributed by atoms with Gasteiger partial charge in [-0.05, 0) is 12.1 Å². The third-order valence-corrected chi connectivity index (χ3v) is 1.52. The third-order valence-electron chi connectivity index (χ3n) is 1.52. The molecule has 0 spiro atoms. The zero-order valence-electron chi connectivity index (χ0n) is 7.35. The van der Waals surface area contributed by atoms with Gasteiger partial charge in [0.1, 0.15) is 17.6 Å². The van der Waals surface area contributed by atoms with E-state index in [-0.39, 0.29) is 5.69 Å². The Kier molecular flexibility index (Phi) is 3.12. The summed E-state index contributed by atoms with van der Waals surface area (Å²) in [7, 11) is 0. The summed E-state index contributed by atoms with van der Waals surface area (Å²) in [6.45, 7) is 0. The molecule has 0 saturated heterocycles. The van der Waals surface area contributed by atoms with E-state index >= 15 is 0 Å². The van der Waals surface area contributed by atoms with E-state index in [0.29, 0.717) is 6.21 Å². The van der Waals surface area contributed by atoms with Crippen molar-refractivity contribution in [2.45, 2.75) is 0 Å². The van der Waals surface area contributed by atoms with Crippen LogP contribution in [0.5, 0.6) is 0 Å². The Bertz CT molecular complexity index is 442. The summed E-state index contributed by atoms with van der Waals surface area (Å²) >= 11 is 0. The van der Waals surface area contributed by atoms with Gasteiger partial charge in [0.05, 0.1) is 5.69 Å². The molecule has 1 rings (SSSR count). The molecular weight excluding hydrogens is 205 g/mol. The molecule has 0 atom stereocenters. The minimum Gasteiger partial charge on any atom is -0.478 e. The van der Waals surface area contributed by atoms with Gasteiger partial charge in [-0.2, -0.15) is 0 Å². The molecule has 15 heavy (non-hydrogen) atoms. The molecule has 0 heterocycles. The maximum Gasteiger partial charge on any atom is 0.346 e. The van der Waals surface area contributed by atoms with Crippen molar-refractivity contribution < 1.29 is 24.2 Å². The van der Waals surface area contributed by atoms with Crippen molar-refractivity contribution in [2.75, 3.05) is 0 Å². The first-order valence-corrected chi connectivity index (χ1v) is 3.81. The Balaban J connectivity index is 3.23. The van der Waals surface area contributed by atoms with Crippen LogP contribution >= 0.6 is 0 Å². The van der Waals surface area contributed by atoms with Crippen LogP contribution in [-0.2, 0) is 4.79 Å². The maximum atomic E-state index is 13.0. The molecule has 1 aromatic carbocycles. The van der Waals surface area contributed by atoms with Gasteiger partial charge in [-0.25, -0.2) is 19.0 Å². The second kappa shape index (κ2) is 4.32. The summed E-state index contributed by atoms with van der Waals surface area (Å²) in [6.07, 6.45) is 0.501. The van der Waals surface area contributed by atoms with Crippen molar-refractivity contribution in [1.29, 1.82) is 0 Å². The van der Waals surface area contributed by atoms with Crippen molar-refractivity contribution in [3.05, 3.63) is 29.6 Å². The third kappa shape index (κ3) is 2.60. The number of carbonyl (C=O) groups is 2. The Morgan fingerprint density at radius 1 is 1.33 bits per heavy atom. The smallest absolute Gasteiger partial charge is 0.346 e. The Morgan fingerprint density at radius 2 is 2.00 bits per heavy atom. The molecule has 78 valence electrons. The molecular formula is C9H6FNO4. The van der Waals surface area contributed by atoms with Crippen molar-refractivity contribution >= 4 is 23.8 Å². The van der Waals surface area contributed by atoms with Crippen LogP contribution in [0.1, 0.15) is 10.4 Å². The van der Waals surface area contributed by atoms with E-state index in [1.54, 1.807) is 0 Å². The van der Waals surface area contributed by atoms with Gasteiger partial charge < -0.3 is 10.2 Å². The first kappa shape index (κ1) is 10.8. The fraction of sp³-hybridized carbons (Fsp3) is 0. The second-order valence-corrected chi connectivity index (χ2v) is 2.54. The molecule has 0 fully saturated rings. The number of aliphatic carboxylic acids is 1. The molecule has 0 aliphatic carbocycles. The van der Waals surface area contributed by atoms with Gasteiger partial charge in [0.25, 0.3) is 0 Å². The van der Waals surface area contributed by atoms with E-state index in [0.717, 1.165) is 6.07 Å². The van der Waals surface area contributed by atoms with Crippen LogP contribution < -0.4 is 0 Å². The van der Waals surface area contributed by atoms with E-state index < -0.39 is 23.3 Å². The maximum absolute atomic E-state index is 13.0. The topological polar surface area (TPSA) is 87.0 Å². The molecule has 0 aliphatic heterocycles. The molecule has 6 heteroatoms. The molecule has 1 aromatic rings. The molecule has 0 bridgehead atoms. The number of carboxylic acids is 2. The van der Waals surface area contributed by atoms with Crippen molar-refractivity contribution in [3.63, 3.8) is 0 Å². The van der Waals surface area contributed by atoms with Gasteiger partial charge >= 0.3 is 11.9 Å². The lowest BCUT2D eigenvalue weighted by Crippen LogP contribution is -2.01. The average Bonchev–Trinajstić information content (AvgIpc) is 2.13. The molecule has 5 nitrogen and oxygen atoms in total. The largest absolute Gasteiger partial charge is 0.478 e. The van der Waals surface area contributed by atoms with Crippen molar-refractivity contribution in [2.24, 2.45) is 4.99 Å². The SMILES string of the molecule is O=C(O)/C=N\c1cccc(F)c1C(=O)O. The molecule has 0 aromatic heterocycles. The fourth-order valence-electron chi connectivity index (χ4n) is 0.957. The van der Waals surface area contributed by atoms with E-state index in [9.17, 15) is 14.0 Å². The lowest BCUT2D eigenvalue weighted by molar-refractivity contribution is -0.128. The van der Waals surface area contributed by atoms with Gasteiger partial charge in [0, 0.05) is 0 Å². The van der Waals surface area contributed by atoms with Crippen molar-refractivity contribution in [3.8, 4) is 0 Å². The first-order valence-electron chi connectivity index (χ1n) is 3.81. The number of hydrogen-bond acceptors (Lipinski definition) is 3. The highest BCUT2D eigenvalue weighted by Gasteiger charge is 2.14. The summed E-state index contributed by atoms with van der Waals surface area (Å²) in [6, 6.07) is 3.42. The highest BCUT2D eigenvalue weighted by atomic mass is 19.1. The predicted molar refractivity (Wildman–Crippen MR) is 49.1 cm³/mol. The number of halogens is 1. The number of aliphatic imine (C=N–C) groups is 1. The number of hydrogen-bond donors (Lipinski definition) is 2. The van der Waals surface area contributed by atoms with Gasteiger partial charge in [-0.15, -0.1) is 0 Å². The van der Waals surface area contributed by atoms with Crippen LogP contribution in [0.2, 0.25) is 0 Å². The molecule has 0 saturated carbocycles. The van der Waals surface area contributed by atoms with E-state index in [2.05, 4.69) is 4.99 Å². The quantitative estimate of drug-likeness (QED) is 0.738. The monoisotopic (exact) mass is 211 g/mol. The molecule has 0 amide bonds. The van der Waals surface area contributed by atoms with Crippen LogP contribution in [0.3, 0.4) is 0 Å². The van der Waals surface area contributed by atoms with E-state index in [1.807, 2.05) is 0 Å². The minimum atomic E-state index is -1.49. The zero-order valence-corrected chi connectivity index (χ0v) is 7.35. The van der Waals surface area contributed by atoms with Gasteiger partial charge in [0.15, 0.2) is 0 Å². The van der Waals surface area contributed by atoms with Crippen LogP contribution in [0, 0.1) is 5.82 Å². The lowest BCUT2D eigenvalue weighted by atomic mass is 10.1. The van der Waals surface area contributed by atoms with Crippen LogP contribution in [-0.4, -0.2) is 28.4 Å². The van der Waals surface area contributed by atoms with E-state index in [1.165, 1.54) is 12.1 Å². The van der Waals surface area contributed by atoms with Crippen LogP contribution in [0.4, 0.5) is 10.1 Å². The molecule has 0 aliphatic rings. The predicted octanol–water partition coefficient (Wildman–Crippen LogP) is 1.31. The number of benzene rings is 1. The molecule has 0 radical (unpaired) electrons. The Labute approximate surface area is 83.5 Å². The standard InChI is InChI=1S/C9H6FNO4/c10-5-2-1-3-6(8(5)9(14)15)11-4-7(12)13/h1-4H,(H,12,13)(H,14,15)/b11-4-. The minimum absolute atomic E-state index is 0.232. The number of nitrogens with zero attached hydrogens (tertiary/aromatic N) is 1. The highest BCUT2D eigenvalue weighted by molar-refractivity contribution is 6.22. The first-order chi connectivity index (χ1) is 7.02. The second-order valence-electron chi connectivity index (χ2n) is 2.54. The summed E-state index contributed by atoms with van der Waals surface area (Å²) < 4.78 is 13.0. The Morgan fingerprint density at radius 3 is 2.53 bits per heavy atom. The van der Waals surface area contributed by atoms with E-state index in [4.69, 9.17) is 10.2 Å². The summed E-state index contributed by atoms with van der Waals surface area (Å²) in [5.74, 6) is -3.79. The van der Waals surface area contributed by atoms with Gasteiger partial charge in [0.2, 0.25) is 0 Å². The molecule has 2 N–H and O–H groups in total. The van der Waals surface area contributed by atoms with Gasteiger partial charge in [-0.1, -0.05) is 6.07 Å². The summed E-state index contributed by atoms with van der Waals surface area (Å²) in [5, 5.41) is 16.9. The molecule has 0 unspecified atom stereocenters. The van der Waals surface area contributed by atoms with Crippen molar-refractivity contribution in [1.82, 2.24) is 0 Å². The zero-order chi connectivity index (χ0) is 11.4. The number of carboxylic acid groups (broad SMARTS) is 2. The van der Waals surface area contributed by atoms with Crippen LogP contribution in [0.15, 0.2) is 23.2 Å². The number of aromatic carboxylic acids is 1. The Hall–Kier alpha value is -2.24. The lowest BCUT2D eigenvalue weighted by Gasteiger charge is -2.00. The fourth-order valence-corrected chi connectivity index (χ4v) is 0.957. The van der Waals surface area contributed by atoms with Crippen LogP contribution in [0.25, 0.3) is 0 Å². The highest BCUT2D eigenvalue weighted by Crippen LogP contribution is 2.21.